The van der Waals surface area contributed by atoms with Gasteiger partial charge in [-0.1, -0.05) is 0 Å². The minimum absolute atomic E-state index is 0. The maximum absolute atomic E-state index is 8.65. The molecular formula is C6H24Co3N6O12W3. The zero-order valence-corrected chi connectivity index (χ0v) is 26.8. The van der Waals surface area contributed by atoms with E-state index < -0.39 is 50.2 Å². The Morgan fingerprint density at radius 1 is 0.367 bits per heavy atom. The van der Waals surface area contributed by atoms with Gasteiger partial charge in [0.15, 0.2) is 0 Å². The van der Waals surface area contributed by atoms with Gasteiger partial charge in [-0.2, -0.15) is 0 Å². The van der Waals surface area contributed by atoms with Crippen molar-refractivity contribution in [1.82, 2.24) is 0 Å². The van der Waals surface area contributed by atoms with E-state index in [0.717, 1.165) is 0 Å². The molecule has 0 rings (SSSR count). The van der Waals surface area contributed by atoms with E-state index in [4.69, 9.17) is 77.3 Å². The van der Waals surface area contributed by atoms with E-state index in [9.17, 15) is 0 Å². The van der Waals surface area contributed by atoms with Gasteiger partial charge >= 0.3 is 144 Å². The van der Waals surface area contributed by atoms with Crippen LogP contribution in [-0.2, 0) is 121 Å². The van der Waals surface area contributed by atoms with Crippen LogP contribution in [0.25, 0.3) is 0 Å². The number of nitrogens with two attached hydrogens (primary N) is 6. The Bertz CT molecular complexity index is 453. The SMILES string of the molecule is NCCN.NCCN.NCCN.[Co+2].[Co+2].[Co+2].[O]=[W](=[O])([O-])[O-].[O]=[W](=[O])([O-])[O-].[O]=[W](=[O])([O-])[O-]. The van der Waals surface area contributed by atoms with Gasteiger partial charge < -0.3 is 34.4 Å². The van der Waals surface area contributed by atoms with Crippen molar-refractivity contribution in [3.63, 3.8) is 0 Å². The molecule has 0 amide bonds. The van der Waals surface area contributed by atoms with Crippen molar-refractivity contribution < 1.29 is 144 Å². The molecule has 0 saturated heterocycles. The van der Waals surface area contributed by atoms with Gasteiger partial charge in [0.05, 0.1) is 0 Å². The van der Waals surface area contributed by atoms with Crippen molar-refractivity contribution in [3.8, 4) is 0 Å². The Hall–Kier alpha value is 1.90. The predicted molar refractivity (Wildman–Crippen MR) is 58.4 cm³/mol. The molecule has 0 aliphatic carbocycles. The molecular weight excluding hydrogens is 1080 g/mol. The first-order valence-electron chi connectivity index (χ1n) is 5.95. The second kappa shape index (κ2) is 41.2. The average Bonchev–Trinajstić information content (AvgIpc) is 2.42. The van der Waals surface area contributed by atoms with E-state index in [1.807, 2.05) is 0 Å². The van der Waals surface area contributed by atoms with Gasteiger partial charge in [0.2, 0.25) is 0 Å². The first kappa shape index (κ1) is 58.1. The summed E-state index contributed by atoms with van der Waals surface area (Å²) in [6, 6.07) is 0. The van der Waals surface area contributed by atoms with Crippen LogP contribution in [0.15, 0.2) is 0 Å². The standard InChI is InChI=1S/3C2H8N2.3Co.12O.3W/c3*3-1-2-4;;;;;;;;;;;;;;;;;;/h3*1-4H2;;;;;;;;;;;;;;;;;;/q;;;3*+2;;;;;;;6*-1;;;. The fourth-order valence-corrected chi connectivity index (χ4v) is 0. The van der Waals surface area contributed by atoms with Crippen LogP contribution in [0.3, 0.4) is 0 Å². The molecule has 18 nitrogen and oxygen atoms in total. The van der Waals surface area contributed by atoms with E-state index >= 15 is 0 Å². The summed E-state index contributed by atoms with van der Waals surface area (Å²) in [6.07, 6.45) is 0. The average molecular weight is 1100 g/mol. The van der Waals surface area contributed by atoms with Crippen molar-refractivity contribution in [2.24, 2.45) is 34.4 Å². The van der Waals surface area contributed by atoms with Gasteiger partial charge in [0.1, 0.15) is 0 Å². The molecule has 0 atom stereocenters. The van der Waals surface area contributed by atoms with E-state index in [0.29, 0.717) is 39.3 Å². The maximum atomic E-state index is 8.65. The van der Waals surface area contributed by atoms with Crippen LogP contribution in [0.1, 0.15) is 0 Å². The predicted octanol–water partition coefficient (Wildman–Crippen LogP) is -11.2. The van der Waals surface area contributed by atoms with Gasteiger partial charge in [-0.05, 0) is 0 Å². The number of hydrogen-bond donors (Lipinski definition) is 6. The summed E-state index contributed by atoms with van der Waals surface area (Å²) in [5.74, 6) is 0. The monoisotopic (exact) mass is 1100 g/mol. The van der Waals surface area contributed by atoms with E-state index in [-0.39, 0.29) is 50.3 Å². The number of hydrogen-bond acceptors (Lipinski definition) is 18. The van der Waals surface area contributed by atoms with Crippen LogP contribution < -0.4 is 57.0 Å². The first-order valence-corrected chi connectivity index (χ1v) is 20.3. The molecule has 0 aromatic carbocycles. The minimum atomic E-state index is -6.17. The summed E-state index contributed by atoms with van der Waals surface area (Å²) in [5.41, 5.74) is 29.4. The van der Waals surface area contributed by atoms with Crippen LogP contribution in [-0.4, -0.2) is 39.3 Å². The Morgan fingerprint density at radius 2 is 0.400 bits per heavy atom. The van der Waals surface area contributed by atoms with Crippen LogP contribution in [0.5, 0.6) is 0 Å². The molecule has 30 heavy (non-hydrogen) atoms. The Balaban J connectivity index is -0.0000000248. The van der Waals surface area contributed by atoms with Gasteiger partial charge in [-0.15, -0.1) is 0 Å². The van der Waals surface area contributed by atoms with Crippen LogP contribution >= 0.6 is 0 Å². The normalized spacial score (nSPS) is 8.80. The van der Waals surface area contributed by atoms with E-state index in [2.05, 4.69) is 0 Å². The topological polar surface area (TPSA) is 397 Å². The molecule has 0 spiro atoms. The third-order valence-corrected chi connectivity index (χ3v) is 0.500. The van der Waals surface area contributed by atoms with Gasteiger partial charge in [0.25, 0.3) is 0 Å². The Morgan fingerprint density at radius 3 is 0.400 bits per heavy atom. The summed E-state index contributed by atoms with van der Waals surface area (Å²) in [4.78, 5) is 0. The summed E-state index contributed by atoms with van der Waals surface area (Å²) in [5, 5.41) is 0. The third kappa shape index (κ3) is 1040. The molecule has 0 aromatic rings. The van der Waals surface area contributed by atoms with Crippen molar-refractivity contribution in [2.45, 2.75) is 0 Å². The Labute approximate surface area is 215 Å². The molecule has 195 valence electrons. The van der Waals surface area contributed by atoms with Gasteiger partial charge in [0, 0.05) is 39.3 Å². The Kier molecular flexibility index (Phi) is 79.7. The second-order valence-electron chi connectivity index (χ2n) is 2.96. The van der Waals surface area contributed by atoms with Crippen molar-refractivity contribution in [2.75, 3.05) is 39.3 Å². The molecule has 0 aliphatic heterocycles. The molecule has 0 heterocycles. The van der Waals surface area contributed by atoms with Gasteiger partial charge in [-0.3, -0.25) is 0 Å². The molecule has 0 aliphatic rings. The van der Waals surface area contributed by atoms with Crippen LogP contribution in [0, 0.1) is 0 Å². The van der Waals surface area contributed by atoms with Crippen molar-refractivity contribution in [3.05, 3.63) is 0 Å². The quantitative estimate of drug-likeness (QED) is 0.153. The molecule has 24 heteroatoms. The third-order valence-electron chi connectivity index (χ3n) is 0.500. The molecule has 0 bridgehead atoms. The zero-order chi connectivity index (χ0) is 23.7. The van der Waals surface area contributed by atoms with E-state index in [1.165, 1.54) is 0 Å². The van der Waals surface area contributed by atoms with Crippen molar-refractivity contribution in [1.29, 1.82) is 0 Å². The summed E-state index contributed by atoms with van der Waals surface area (Å²) < 4.78 is 104. The fourth-order valence-electron chi connectivity index (χ4n) is 0. The molecule has 3 radical (unpaired) electrons. The first-order chi connectivity index (χ1) is 11.7. The molecule has 12 N–H and O–H groups in total. The molecule has 0 aromatic heterocycles. The summed E-state index contributed by atoms with van der Waals surface area (Å²) in [7, 11) is 0. The molecule has 0 saturated carbocycles. The van der Waals surface area contributed by atoms with E-state index in [1.54, 1.807) is 0 Å². The number of rotatable bonds is 3. The van der Waals surface area contributed by atoms with Gasteiger partial charge in [-0.25, -0.2) is 0 Å². The fraction of sp³-hybridized carbons (Fsp3) is 1.00. The molecule has 0 fully saturated rings. The van der Waals surface area contributed by atoms with Crippen LogP contribution in [0.4, 0.5) is 0 Å². The van der Waals surface area contributed by atoms with Crippen LogP contribution in [0.2, 0.25) is 0 Å². The van der Waals surface area contributed by atoms with Crippen molar-refractivity contribution >= 4 is 0 Å². The summed E-state index contributed by atoms with van der Waals surface area (Å²) >= 11 is -18.5. The molecule has 0 unspecified atom stereocenters. The zero-order valence-electron chi connectivity index (χ0n) is 14.8. The summed E-state index contributed by atoms with van der Waals surface area (Å²) in [6.45, 7) is 3.58. The second-order valence-corrected chi connectivity index (χ2v) is 11.8.